The van der Waals surface area contributed by atoms with Gasteiger partial charge in [-0.3, -0.25) is 4.90 Å². The van der Waals surface area contributed by atoms with Gasteiger partial charge in [0.2, 0.25) is 0 Å². The van der Waals surface area contributed by atoms with Gasteiger partial charge in [0.05, 0.1) is 12.8 Å². The number of carbonyl (C=O) groups is 1. The highest BCUT2D eigenvalue weighted by Gasteiger charge is 2.11. The topological polar surface area (TPSA) is 48.7 Å². The van der Waals surface area contributed by atoms with Crippen LogP contribution in [0.2, 0.25) is 0 Å². The molecule has 0 fully saturated rings. The molecule has 0 aliphatic rings. The Hall–Kier alpha value is -1.49. The monoisotopic (exact) mass is 267 g/mol. The first-order chi connectivity index (χ1) is 9.04. The molecule has 5 heteroatoms. The predicted molar refractivity (Wildman–Crippen MR) is 76.0 cm³/mol. The van der Waals surface area contributed by atoms with Gasteiger partial charge in [-0.2, -0.15) is 0 Å². The van der Waals surface area contributed by atoms with E-state index in [1.807, 2.05) is 12.1 Å². The van der Waals surface area contributed by atoms with E-state index in [1.54, 1.807) is 18.2 Å². The molecule has 108 valence electrons. The number of likely N-dealkylation sites (N-methyl/N-ethyl adjacent to an activating group) is 1. The van der Waals surface area contributed by atoms with Crippen molar-refractivity contribution >= 4 is 6.03 Å². The first kappa shape index (κ1) is 15.6. The number of nitrogens with zero attached hydrogens (tertiary/aromatic N) is 2. The fraction of sp³-hybridized carbons (Fsp3) is 0.643. The number of hydrogen-bond acceptors (Lipinski definition) is 3. The molecule has 0 radical (unpaired) electrons. The van der Waals surface area contributed by atoms with E-state index in [0.29, 0.717) is 19.1 Å². The summed E-state index contributed by atoms with van der Waals surface area (Å²) in [6, 6.07) is 4.11. The van der Waals surface area contributed by atoms with Gasteiger partial charge in [0.25, 0.3) is 0 Å². The Balaban J connectivity index is 2.27. The minimum Gasteiger partial charge on any atom is -0.467 e. The standard InChI is InChI=1S/C14H25N3O2/c1-5-17(12(2)3)9-8-15-14(18)16(4)11-13-7-6-10-19-13/h6-7,10,12H,5,8-9,11H2,1-4H3,(H,15,18). The van der Waals surface area contributed by atoms with Crippen molar-refractivity contribution in [3.8, 4) is 0 Å². The summed E-state index contributed by atoms with van der Waals surface area (Å²) >= 11 is 0. The van der Waals surface area contributed by atoms with E-state index in [-0.39, 0.29) is 6.03 Å². The van der Waals surface area contributed by atoms with Crippen LogP contribution in [0.3, 0.4) is 0 Å². The van der Waals surface area contributed by atoms with Gasteiger partial charge < -0.3 is 14.6 Å². The minimum atomic E-state index is -0.0730. The Morgan fingerprint density at radius 3 is 2.74 bits per heavy atom. The highest BCUT2D eigenvalue weighted by atomic mass is 16.3. The van der Waals surface area contributed by atoms with E-state index in [1.165, 1.54) is 0 Å². The second-order valence-corrected chi connectivity index (χ2v) is 4.89. The first-order valence-corrected chi connectivity index (χ1v) is 6.80. The average Bonchev–Trinajstić information content (AvgIpc) is 2.86. The van der Waals surface area contributed by atoms with Crippen molar-refractivity contribution in [1.82, 2.24) is 15.1 Å². The van der Waals surface area contributed by atoms with Gasteiger partial charge in [0.1, 0.15) is 5.76 Å². The zero-order chi connectivity index (χ0) is 14.3. The molecule has 19 heavy (non-hydrogen) atoms. The van der Waals surface area contributed by atoms with Crippen LogP contribution < -0.4 is 5.32 Å². The molecule has 0 aliphatic carbocycles. The van der Waals surface area contributed by atoms with Gasteiger partial charge in [-0.25, -0.2) is 4.79 Å². The molecule has 1 N–H and O–H groups in total. The van der Waals surface area contributed by atoms with E-state index in [0.717, 1.165) is 18.8 Å². The van der Waals surface area contributed by atoms with Gasteiger partial charge in [-0.15, -0.1) is 0 Å². The molecular weight excluding hydrogens is 242 g/mol. The summed E-state index contributed by atoms with van der Waals surface area (Å²) in [6.07, 6.45) is 1.61. The van der Waals surface area contributed by atoms with Crippen LogP contribution in [0, 0.1) is 0 Å². The molecule has 0 unspecified atom stereocenters. The Labute approximate surface area is 115 Å². The van der Waals surface area contributed by atoms with Crippen LogP contribution in [0.5, 0.6) is 0 Å². The molecule has 1 heterocycles. The van der Waals surface area contributed by atoms with Crippen molar-refractivity contribution < 1.29 is 9.21 Å². The normalized spacial score (nSPS) is 11.1. The summed E-state index contributed by atoms with van der Waals surface area (Å²) < 4.78 is 5.22. The predicted octanol–water partition coefficient (Wildman–Crippen LogP) is 2.15. The summed E-state index contributed by atoms with van der Waals surface area (Å²) in [4.78, 5) is 15.8. The molecule has 2 amide bonds. The lowest BCUT2D eigenvalue weighted by molar-refractivity contribution is 0.195. The second-order valence-electron chi connectivity index (χ2n) is 4.89. The average molecular weight is 267 g/mol. The van der Waals surface area contributed by atoms with Crippen LogP contribution in [-0.2, 0) is 6.54 Å². The van der Waals surface area contributed by atoms with Gasteiger partial charge >= 0.3 is 6.03 Å². The van der Waals surface area contributed by atoms with Crippen molar-refractivity contribution in [1.29, 1.82) is 0 Å². The van der Waals surface area contributed by atoms with Crippen molar-refractivity contribution in [2.24, 2.45) is 0 Å². The van der Waals surface area contributed by atoms with Gasteiger partial charge in [-0.1, -0.05) is 6.92 Å². The summed E-state index contributed by atoms with van der Waals surface area (Å²) in [5.41, 5.74) is 0. The largest absolute Gasteiger partial charge is 0.467 e. The van der Waals surface area contributed by atoms with E-state index in [2.05, 4.69) is 31.0 Å². The third-order valence-electron chi connectivity index (χ3n) is 3.13. The number of rotatable bonds is 7. The maximum absolute atomic E-state index is 11.9. The Morgan fingerprint density at radius 2 is 2.21 bits per heavy atom. The van der Waals surface area contributed by atoms with Crippen LogP contribution in [0.4, 0.5) is 4.79 Å². The lowest BCUT2D eigenvalue weighted by atomic mass is 10.3. The summed E-state index contributed by atoms with van der Waals surface area (Å²) in [5, 5.41) is 2.92. The van der Waals surface area contributed by atoms with Crippen LogP contribution >= 0.6 is 0 Å². The summed E-state index contributed by atoms with van der Waals surface area (Å²) in [7, 11) is 1.76. The maximum atomic E-state index is 11.9. The van der Waals surface area contributed by atoms with Crippen molar-refractivity contribution in [3.63, 3.8) is 0 Å². The molecule has 0 aliphatic heterocycles. The van der Waals surface area contributed by atoms with Gasteiger partial charge in [0.15, 0.2) is 0 Å². The fourth-order valence-electron chi connectivity index (χ4n) is 1.93. The van der Waals surface area contributed by atoms with Crippen molar-refractivity contribution in [3.05, 3.63) is 24.2 Å². The number of amides is 2. The highest BCUT2D eigenvalue weighted by molar-refractivity contribution is 5.73. The Bertz CT molecular complexity index is 363. The van der Waals surface area contributed by atoms with Crippen molar-refractivity contribution in [2.75, 3.05) is 26.7 Å². The number of nitrogens with one attached hydrogen (secondary N) is 1. The molecule has 0 aromatic carbocycles. The second kappa shape index (κ2) is 7.84. The summed E-state index contributed by atoms with van der Waals surface area (Å²) in [5.74, 6) is 0.787. The maximum Gasteiger partial charge on any atom is 0.317 e. The summed E-state index contributed by atoms with van der Waals surface area (Å²) in [6.45, 7) is 9.46. The molecular formula is C14H25N3O2. The van der Waals surface area contributed by atoms with E-state index in [9.17, 15) is 4.79 Å². The molecule has 1 aromatic heterocycles. The minimum absolute atomic E-state index is 0.0730. The number of urea groups is 1. The molecule has 1 aromatic rings. The van der Waals surface area contributed by atoms with Crippen LogP contribution in [0.1, 0.15) is 26.5 Å². The fourth-order valence-corrected chi connectivity index (χ4v) is 1.93. The first-order valence-electron chi connectivity index (χ1n) is 6.80. The SMILES string of the molecule is CCN(CCNC(=O)N(C)Cc1ccco1)C(C)C. The van der Waals surface area contributed by atoms with E-state index < -0.39 is 0 Å². The van der Waals surface area contributed by atoms with E-state index in [4.69, 9.17) is 4.42 Å². The highest BCUT2D eigenvalue weighted by Crippen LogP contribution is 2.03. The molecule has 0 atom stereocenters. The Morgan fingerprint density at radius 1 is 1.47 bits per heavy atom. The zero-order valence-electron chi connectivity index (χ0n) is 12.3. The molecule has 0 spiro atoms. The third-order valence-corrected chi connectivity index (χ3v) is 3.13. The molecule has 0 bridgehead atoms. The smallest absolute Gasteiger partial charge is 0.317 e. The number of furan rings is 1. The third kappa shape index (κ3) is 5.34. The van der Waals surface area contributed by atoms with Gasteiger partial charge in [-0.05, 0) is 32.5 Å². The number of hydrogen-bond donors (Lipinski definition) is 1. The molecule has 0 saturated carbocycles. The zero-order valence-corrected chi connectivity index (χ0v) is 12.3. The molecule has 5 nitrogen and oxygen atoms in total. The van der Waals surface area contributed by atoms with E-state index >= 15 is 0 Å². The lowest BCUT2D eigenvalue weighted by Crippen LogP contribution is -2.42. The molecule has 0 saturated heterocycles. The van der Waals surface area contributed by atoms with Crippen LogP contribution in [0.15, 0.2) is 22.8 Å². The Kier molecular flexibility index (Phi) is 6.42. The van der Waals surface area contributed by atoms with Crippen molar-refractivity contribution in [2.45, 2.75) is 33.4 Å². The molecule has 1 rings (SSSR count). The van der Waals surface area contributed by atoms with Gasteiger partial charge in [0, 0.05) is 26.2 Å². The quantitative estimate of drug-likeness (QED) is 0.823. The van der Waals surface area contributed by atoms with Crippen LogP contribution in [0.25, 0.3) is 0 Å². The number of carbonyl (C=O) groups excluding carboxylic acids is 1. The lowest BCUT2D eigenvalue weighted by Gasteiger charge is -2.25. The van der Waals surface area contributed by atoms with Crippen LogP contribution in [-0.4, -0.2) is 48.6 Å².